The van der Waals surface area contributed by atoms with Gasteiger partial charge in [0.1, 0.15) is 11.4 Å². The number of carbonyl (C=O) groups is 1. The zero-order valence-corrected chi connectivity index (χ0v) is 12.1. The van der Waals surface area contributed by atoms with Crippen LogP contribution in [0.1, 0.15) is 22.2 Å². The standard InChI is InChI=1S/C16H18N2O3/c1-20-13-7-5-6-12(10-13)15(21-2)11-18-16(19)14-8-3-4-9-17-14/h3-10,15H,11H2,1-2H3,(H,18,19). The van der Waals surface area contributed by atoms with E-state index in [0.717, 1.165) is 11.3 Å². The molecule has 0 saturated carbocycles. The van der Waals surface area contributed by atoms with Crippen LogP contribution in [0.4, 0.5) is 0 Å². The first-order chi connectivity index (χ1) is 10.2. The minimum Gasteiger partial charge on any atom is -0.497 e. The number of methoxy groups -OCH3 is 2. The third-order valence-electron chi connectivity index (χ3n) is 3.10. The molecule has 1 N–H and O–H groups in total. The van der Waals surface area contributed by atoms with Crippen LogP contribution in [-0.2, 0) is 4.74 Å². The van der Waals surface area contributed by atoms with Gasteiger partial charge in [0.2, 0.25) is 0 Å². The highest BCUT2D eigenvalue weighted by molar-refractivity contribution is 5.92. The number of carbonyl (C=O) groups excluding carboxylic acids is 1. The second-order valence-electron chi connectivity index (χ2n) is 4.43. The molecule has 0 aliphatic rings. The van der Waals surface area contributed by atoms with Gasteiger partial charge in [-0.25, -0.2) is 0 Å². The average Bonchev–Trinajstić information content (AvgIpc) is 2.56. The highest BCUT2D eigenvalue weighted by Gasteiger charge is 2.14. The van der Waals surface area contributed by atoms with Crippen LogP contribution in [0.3, 0.4) is 0 Å². The molecular weight excluding hydrogens is 268 g/mol. The van der Waals surface area contributed by atoms with Crippen molar-refractivity contribution in [3.63, 3.8) is 0 Å². The smallest absolute Gasteiger partial charge is 0.269 e. The van der Waals surface area contributed by atoms with Crippen molar-refractivity contribution in [3.05, 3.63) is 59.9 Å². The highest BCUT2D eigenvalue weighted by atomic mass is 16.5. The van der Waals surface area contributed by atoms with Crippen molar-refractivity contribution in [3.8, 4) is 5.75 Å². The summed E-state index contributed by atoms with van der Waals surface area (Å²) in [5.41, 5.74) is 1.33. The molecule has 1 aromatic carbocycles. The number of amides is 1. The summed E-state index contributed by atoms with van der Waals surface area (Å²) in [5.74, 6) is 0.533. The molecule has 0 aliphatic heterocycles. The van der Waals surface area contributed by atoms with E-state index in [2.05, 4.69) is 10.3 Å². The Morgan fingerprint density at radius 3 is 2.76 bits per heavy atom. The number of ether oxygens (including phenoxy) is 2. The molecule has 0 spiro atoms. The fourth-order valence-corrected chi connectivity index (χ4v) is 1.95. The number of hydrogen-bond donors (Lipinski definition) is 1. The molecule has 0 fully saturated rings. The Morgan fingerprint density at radius 1 is 1.24 bits per heavy atom. The van der Waals surface area contributed by atoms with Gasteiger partial charge < -0.3 is 14.8 Å². The van der Waals surface area contributed by atoms with Crippen LogP contribution in [-0.4, -0.2) is 31.7 Å². The van der Waals surface area contributed by atoms with Crippen LogP contribution in [0.25, 0.3) is 0 Å². The molecule has 2 aromatic rings. The van der Waals surface area contributed by atoms with Crippen LogP contribution >= 0.6 is 0 Å². The predicted octanol–water partition coefficient (Wildman–Crippen LogP) is 2.21. The lowest BCUT2D eigenvalue weighted by Gasteiger charge is -2.17. The van der Waals surface area contributed by atoms with E-state index in [-0.39, 0.29) is 12.0 Å². The second-order valence-corrected chi connectivity index (χ2v) is 4.43. The van der Waals surface area contributed by atoms with E-state index < -0.39 is 0 Å². The third-order valence-corrected chi connectivity index (χ3v) is 3.10. The summed E-state index contributed by atoms with van der Waals surface area (Å²) in [6.45, 7) is 0.360. The molecule has 0 bridgehead atoms. The lowest BCUT2D eigenvalue weighted by Crippen LogP contribution is -2.29. The maximum atomic E-state index is 12.0. The van der Waals surface area contributed by atoms with Crippen LogP contribution in [0, 0.1) is 0 Å². The first-order valence-corrected chi connectivity index (χ1v) is 6.60. The lowest BCUT2D eigenvalue weighted by molar-refractivity contribution is 0.0823. The molecule has 110 valence electrons. The maximum Gasteiger partial charge on any atom is 0.269 e. The van der Waals surface area contributed by atoms with Crippen molar-refractivity contribution in [1.82, 2.24) is 10.3 Å². The number of hydrogen-bond acceptors (Lipinski definition) is 4. The molecule has 2 rings (SSSR count). The van der Waals surface area contributed by atoms with E-state index in [1.54, 1.807) is 38.6 Å². The van der Waals surface area contributed by atoms with Crippen molar-refractivity contribution in [2.24, 2.45) is 0 Å². The quantitative estimate of drug-likeness (QED) is 0.884. The molecule has 5 nitrogen and oxygen atoms in total. The number of nitrogens with zero attached hydrogens (tertiary/aromatic N) is 1. The zero-order chi connectivity index (χ0) is 15.1. The Hall–Kier alpha value is -2.40. The summed E-state index contributed by atoms with van der Waals surface area (Å²) in [6.07, 6.45) is 1.35. The fraction of sp³-hybridized carbons (Fsp3) is 0.250. The summed E-state index contributed by atoms with van der Waals surface area (Å²) in [7, 11) is 3.22. The minimum atomic E-state index is -0.243. The average molecular weight is 286 g/mol. The van der Waals surface area contributed by atoms with E-state index in [4.69, 9.17) is 9.47 Å². The molecule has 0 saturated heterocycles. The monoisotopic (exact) mass is 286 g/mol. The number of aromatic nitrogens is 1. The van der Waals surface area contributed by atoms with Gasteiger partial charge in [-0.2, -0.15) is 0 Å². The summed E-state index contributed by atoms with van der Waals surface area (Å²) in [4.78, 5) is 16.0. The van der Waals surface area contributed by atoms with Gasteiger partial charge in [0, 0.05) is 19.9 Å². The summed E-state index contributed by atoms with van der Waals surface area (Å²) < 4.78 is 10.6. The first-order valence-electron chi connectivity index (χ1n) is 6.60. The molecule has 1 aromatic heterocycles. The number of benzene rings is 1. The Balaban J connectivity index is 2.01. The first kappa shape index (κ1) is 15.0. The van der Waals surface area contributed by atoms with Gasteiger partial charge in [0.15, 0.2) is 0 Å². The van der Waals surface area contributed by atoms with Gasteiger partial charge in [0.25, 0.3) is 5.91 Å². The molecule has 1 atom stereocenters. The molecule has 21 heavy (non-hydrogen) atoms. The van der Waals surface area contributed by atoms with Crippen LogP contribution in [0.5, 0.6) is 5.75 Å². The minimum absolute atomic E-state index is 0.222. The van der Waals surface area contributed by atoms with E-state index in [1.807, 2.05) is 24.3 Å². The van der Waals surface area contributed by atoms with E-state index >= 15 is 0 Å². The number of pyridine rings is 1. The SMILES string of the molecule is COc1cccc(C(CNC(=O)c2ccccn2)OC)c1. The van der Waals surface area contributed by atoms with E-state index in [9.17, 15) is 4.79 Å². The number of nitrogens with one attached hydrogen (secondary N) is 1. The Bertz CT molecular complexity index is 587. The van der Waals surface area contributed by atoms with Crippen molar-refractivity contribution >= 4 is 5.91 Å². The lowest BCUT2D eigenvalue weighted by atomic mass is 10.1. The van der Waals surface area contributed by atoms with Crippen molar-refractivity contribution in [2.75, 3.05) is 20.8 Å². The van der Waals surface area contributed by atoms with Gasteiger partial charge in [-0.3, -0.25) is 9.78 Å². The second kappa shape index (κ2) is 7.40. The molecule has 0 radical (unpaired) electrons. The van der Waals surface area contributed by atoms with Crippen molar-refractivity contribution < 1.29 is 14.3 Å². The molecule has 1 amide bonds. The summed E-state index contributed by atoms with van der Waals surface area (Å²) >= 11 is 0. The summed E-state index contributed by atoms with van der Waals surface area (Å²) in [5, 5.41) is 2.82. The molecule has 1 heterocycles. The van der Waals surface area contributed by atoms with Gasteiger partial charge in [-0.05, 0) is 29.8 Å². The van der Waals surface area contributed by atoms with Gasteiger partial charge in [-0.15, -0.1) is 0 Å². The van der Waals surface area contributed by atoms with E-state index in [0.29, 0.717) is 12.2 Å². The van der Waals surface area contributed by atoms with Crippen molar-refractivity contribution in [2.45, 2.75) is 6.10 Å². The van der Waals surface area contributed by atoms with Crippen molar-refractivity contribution in [1.29, 1.82) is 0 Å². The Labute approximate surface area is 123 Å². The molecule has 5 heteroatoms. The topological polar surface area (TPSA) is 60.5 Å². The molecule has 1 unspecified atom stereocenters. The number of rotatable bonds is 6. The van der Waals surface area contributed by atoms with Gasteiger partial charge in [0.05, 0.1) is 13.2 Å². The maximum absolute atomic E-state index is 12.0. The summed E-state index contributed by atoms with van der Waals surface area (Å²) in [6, 6.07) is 12.8. The van der Waals surface area contributed by atoms with E-state index in [1.165, 1.54) is 0 Å². The molecule has 0 aliphatic carbocycles. The predicted molar refractivity (Wildman–Crippen MR) is 79.3 cm³/mol. The third kappa shape index (κ3) is 4.03. The van der Waals surface area contributed by atoms with Crippen LogP contribution in [0.15, 0.2) is 48.7 Å². The van der Waals surface area contributed by atoms with Crippen LogP contribution < -0.4 is 10.1 Å². The van der Waals surface area contributed by atoms with Gasteiger partial charge >= 0.3 is 0 Å². The highest BCUT2D eigenvalue weighted by Crippen LogP contribution is 2.21. The Morgan fingerprint density at radius 2 is 2.10 bits per heavy atom. The largest absolute Gasteiger partial charge is 0.497 e. The van der Waals surface area contributed by atoms with Gasteiger partial charge in [-0.1, -0.05) is 18.2 Å². The van der Waals surface area contributed by atoms with Crippen LogP contribution in [0.2, 0.25) is 0 Å². The fourth-order valence-electron chi connectivity index (χ4n) is 1.95. The Kier molecular flexibility index (Phi) is 5.29. The normalized spacial score (nSPS) is 11.7. The molecular formula is C16H18N2O3. The zero-order valence-electron chi connectivity index (χ0n) is 12.1.